The van der Waals surface area contributed by atoms with Gasteiger partial charge >= 0.3 is 0 Å². The zero-order chi connectivity index (χ0) is 24.1. The molecule has 0 atom stereocenters. The number of imide groups is 1. The Morgan fingerprint density at radius 3 is 2.38 bits per heavy atom. The number of halogens is 1. The average molecular weight is 484 g/mol. The highest BCUT2D eigenvalue weighted by molar-refractivity contribution is 8.18. The molecule has 0 bridgehead atoms. The summed E-state index contributed by atoms with van der Waals surface area (Å²) in [6.07, 6.45) is 3.45. The van der Waals surface area contributed by atoms with E-state index in [0.29, 0.717) is 30.1 Å². The molecule has 2 aromatic carbocycles. The molecule has 0 aromatic heterocycles. The molecule has 2 aliphatic heterocycles. The van der Waals surface area contributed by atoms with E-state index in [9.17, 15) is 23.6 Å². The van der Waals surface area contributed by atoms with Crippen molar-refractivity contribution in [3.63, 3.8) is 0 Å². The van der Waals surface area contributed by atoms with Gasteiger partial charge in [0.1, 0.15) is 18.1 Å². The van der Waals surface area contributed by atoms with Crippen LogP contribution in [0.1, 0.15) is 18.4 Å². The van der Waals surface area contributed by atoms with E-state index < -0.39 is 22.9 Å². The number of nitrogens with one attached hydrogen (secondary N) is 1. The van der Waals surface area contributed by atoms with Crippen LogP contribution in [0.3, 0.4) is 0 Å². The molecule has 34 heavy (non-hydrogen) atoms. The third-order valence-corrected chi connectivity index (χ3v) is 6.21. The minimum atomic E-state index is -0.486. The molecule has 0 aliphatic carbocycles. The molecule has 0 unspecified atom stereocenters. The summed E-state index contributed by atoms with van der Waals surface area (Å²) < 4.78 is 18.4. The first-order valence-corrected chi connectivity index (χ1v) is 11.5. The fraction of sp³-hybridized carbons (Fsp3) is 0.250. The SMILES string of the molecule is O=C(COc1ccc(/C=C2/SC(=O)N(CC(=O)N3CCCC3)C2=O)cc1)Nc1ccc(F)cc1. The van der Waals surface area contributed by atoms with Crippen LogP contribution in [-0.4, -0.2) is 59.0 Å². The zero-order valence-electron chi connectivity index (χ0n) is 18.2. The largest absolute Gasteiger partial charge is 0.484 e. The van der Waals surface area contributed by atoms with Crippen LogP contribution in [0, 0.1) is 5.82 Å². The van der Waals surface area contributed by atoms with Gasteiger partial charge in [-0.15, -0.1) is 0 Å². The maximum Gasteiger partial charge on any atom is 0.294 e. The Labute approximate surface area is 199 Å². The van der Waals surface area contributed by atoms with Crippen LogP contribution < -0.4 is 10.1 Å². The van der Waals surface area contributed by atoms with Crippen molar-refractivity contribution >= 4 is 46.5 Å². The Hall–Kier alpha value is -3.66. The average Bonchev–Trinajstić information content (AvgIpc) is 3.45. The van der Waals surface area contributed by atoms with Crippen molar-refractivity contribution in [2.24, 2.45) is 0 Å². The number of likely N-dealkylation sites (tertiary alicyclic amines) is 1. The number of benzene rings is 2. The number of anilines is 1. The Balaban J connectivity index is 1.30. The van der Waals surface area contributed by atoms with E-state index in [0.717, 1.165) is 29.5 Å². The van der Waals surface area contributed by atoms with Gasteiger partial charge in [0, 0.05) is 18.8 Å². The van der Waals surface area contributed by atoms with Crippen LogP contribution in [-0.2, 0) is 14.4 Å². The first kappa shape index (κ1) is 23.5. The summed E-state index contributed by atoms with van der Waals surface area (Å²) in [5.41, 5.74) is 1.13. The number of rotatable bonds is 7. The molecule has 2 aromatic rings. The summed E-state index contributed by atoms with van der Waals surface area (Å²) in [5, 5.41) is 2.14. The van der Waals surface area contributed by atoms with Crippen molar-refractivity contribution in [3.8, 4) is 5.75 Å². The van der Waals surface area contributed by atoms with Crippen molar-refractivity contribution in [3.05, 3.63) is 64.8 Å². The van der Waals surface area contributed by atoms with Crippen LogP contribution in [0.5, 0.6) is 5.75 Å². The Morgan fingerprint density at radius 1 is 1.03 bits per heavy atom. The maximum atomic E-state index is 12.9. The van der Waals surface area contributed by atoms with Gasteiger partial charge in [0.2, 0.25) is 5.91 Å². The number of hydrogen-bond donors (Lipinski definition) is 1. The fourth-order valence-electron chi connectivity index (χ4n) is 3.53. The number of hydrogen-bond acceptors (Lipinski definition) is 6. The summed E-state index contributed by atoms with van der Waals surface area (Å²) in [4.78, 5) is 52.1. The lowest BCUT2D eigenvalue weighted by molar-refractivity contribution is -0.135. The minimum absolute atomic E-state index is 0.217. The maximum absolute atomic E-state index is 12.9. The van der Waals surface area contributed by atoms with E-state index in [2.05, 4.69) is 5.32 Å². The quantitative estimate of drug-likeness (QED) is 0.606. The highest BCUT2D eigenvalue weighted by Gasteiger charge is 2.37. The molecule has 10 heteroatoms. The van der Waals surface area contributed by atoms with Gasteiger partial charge in [0.25, 0.3) is 17.1 Å². The molecule has 2 heterocycles. The van der Waals surface area contributed by atoms with Crippen LogP contribution in [0.4, 0.5) is 14.9 Å². The van der Waals surface area contributed by atoms with Crippen molar-refractivity contribution in [2.45, 2.75) is 12.8 Å². The third-order valence-electron chi connectivity index (χ3n) is 5.30. The Morgan fingerprint density at radius 2 is 1.71 bits per heavy atom. The highest BCUT2D eigenvalue weighted by atomic mass is 32.2. The number of ether oxygens (including phenoxy) is 1. The number of carbonyl (C=O) groups excluding carboxylic acids is 4. The van der Waals surface area contributed by atoms with Gasteiger partial charge in [-0.1, -0.05) is 12.1 Å². The lowest BCUT2D eigenvalue weighted by Crippen LogP contribution is -2.40. The first-order valence-electron chi connectivity index (χ1n) is 10.7. The summed E-state index contributed by atoms with van der Waals surface area (Å²) in [5.74, 6) is -1.05. The molecule has 0 saturated carbocycles. The van der Waals surface area contributed by atoms with Crippen LogP contribution in [0.15, 0.2) is 53.4 Å². The third kappa shape index (κ3) is 5.82. The summed E-state index contributed by atoms with van der Waals surface area (Å²) in [6, 6.07) is 12.0. The minimum Gasteiger partial charge on any atom is -0.484 e. The van der Waals surface area contributed by atoms with Gasteiger partial charge in [0.15, 0.2) is 6.61 Å². The summed E-state index contributed by atoms with van der Waals surface area (Å²) >= 11 is 0.801. The second-order valence-corrected chi connectivity index (χ2v) is 8.76. The molecule has 176 valence electrons. The molecular formula is C24H22FN3O5S. The zero-order valence-corrected chi connectivity index (χ0v) is 19.0. The number of amides is 4. The van der Waals surface area contributed by atoms with Crippen LogP contribution in [0.25, 0.3) is 6.08 Å². The molecule has 2 fully saturated rings. The van der Waals surface area contributed by atoms with Gasteiger partial charge < -0.3 is 15.0 Å². The Kier molecular flexibility index (Phi) is 7.27. The lowest BCUT2D eigenvalue weighted by Gasteiger charge is -2.18. The molecule has 2 aliphatic rings. The molecule has 0 radical (unpaired) electrons. The van der Waals surface area contributed by atoms with E-state index >= 15 is 0 Å². The second-order valence-electron chi connectivity index (χ2n) is 7.77. The lowest BCUT2D eigenvalue weighted by atomic mass is 10.2. The molecule has 4 rings (SSSR count). The van der Waals surface area contributed by atoms with Gasteiger partial charge in [-0.3, -0.25) is 24.1 Å². The monoisotopic (exact) mass is 483 g/mol. The van der Waals surface area contributed by atoms with E-state index in [4.69, 9.17) is 4.74 Å². The van der Waals surface area contributed by atoms with E-state index in [-0.39, 0.29) is 24.0 Å². The number of nitrogens with zero attached hydrogens (tertiary/aromatic N) is 2. The van der Waals surface area contributed by atoms with Crippen LogP contribution >= 0.6 is 11.8 Å². The molecule has 2 saturated heterocycles. The van der Waals surface area contributed by atoms with E-state index in [1.165, 1.54) is 24.3 Å². The molecule has 1 N–H and O–H groups in total. The van der Waals surface area contributed by atoms with Crippen molar-refractivity contribution in [2.75, 3.05) is 31.6 Å². The molecule has 4 amide bonds. The van der Waals surface area contributed by atoms with Crippen molar-refractivity contribution in [1.82, 2.24) is 9.80 Å². The number of carbonyl (C=O) groups is 4. The standard InChI is InChI=1S/C24H22FN3O5S/c25-17-5-7-18(8-6-17)26-21(29)15-33-19-9-3-16(4-10-19)13-20-23(31)28(24(32)34-20)14-22(30)27-11-1-2-12-27/h3-10,13H,1-2,11-12,14-15H2,(H,26,29)/b20-13+. The van der Waals surface area contributed by atoms with E-state index in [1.807, 2.05) is 0 Å². The fourth-order valence-corrected chi connectivity index (χ4v) is 4.37. The predicted octanol–water partition coefficient (Wildman–Crippen LogP) is 3.50. The smallest absolute Gasteiger partial charge is 0.294 e. The van der Waals surface area contributed by atoms with Crippen molar-refractivity contribution in [1.29, 1.82) is 0 Å². The predicted molar refractivity (Wildman–Crippen MR) is 125 cm³/mol. The topological polar surface area (TPSA) is 96.0 Å². The Bertz CT molecular complexity index is 1130. The first-order chi connectivity index (χ1) is 16.4. The second kappa shape index (κ2) is 10.5. The summed E-state index contributed by atoms with van der Waals surface area (Å²) in [6.45, 7) is 0.843. The number of thioether (sulfide) groups is 1. The van der Waals surface area contributed by atoms with Gasteiger partial charge in [-0.2, -0.15) is 0 Å². The van der Waals surface area contributed by atoms with Gasteiger partial charge in [-0.05, 0) is 72.6 Å². The van der Waals surface area contributed by atoms with Gasteiger partial charge in [0.05, 0.1) is 4.91 Å². The normalized spacial score (nSPS) is 16.9. The van der Waals surface area contributed by atoms with Crippen molar-refractivity contribution < 1.29 is 28.3 Å². The molecular weight excluding hydrogens is 461 g/mol. The van der Waals surface area contributed by atoms with E-state index in [1.54, 1.807) is 35.2 Å². The highest BCUT2D eigenvalue weighted by Crippen LogP contribution is 2.32. The van der Waals surface area contributed by atoms with Gasteiger partial charge in [-0.25, -0.2) is 4.39 Å². The molecule has 8 nitrogen and oxygen atoms in total. The molecule has 0 spiro atoms. The van der Waals surface area contributed by atoms with Crippen LogP contribution in [0.2, 0.25) is 0 Å². The summed E-state index contributed by atoms with van der Waals surface area (Å²) in [7, 11) is 0.